The minimum Gasteiger partial charge on any atom is -0.328 e. The maximum absolute atomic E-state index is 13.2. The Hall–Kier alpha value is -3.12. The number of carbonyl (C=O) groups is 1. The number of fused-ring (bicyclic) bond motifs is 1. The second-order valence-corrected chi connectivity index (χ2v) is 6.79. The second-order valence-electron chi connectivity index (χ2n) is 6.38. The number of nitrogens with zero attached hydrogens (tertiary/aromatic N) is 3. The molecular formula is C20H18ClN5O. The van der Waals surface area contributed by atoms with Gasteiger partial charge in [-0.2, -0.15) is 10.1 Å². The highest BCUT2D eigenvalue weighted by Gasteiger charge is 2.34. The number of anilines is 2. The summed E-state index contributed by atoms with van der Waals surface area (Å²) in [5.74, 6) is 0.366. The Bertz CT molecular complexity index is 1060. The van der Waals surface area contributed by atoms with Gasteiger partial charge >= 0.3 is 0 Å². The van der Waals surface area contributed by atoms with Crippen molar-refractivity contribution >= 4 is 29.1 Å². The number of carbonyl (C=O) groups excluding carboxylic acids is 1. The molecule has 7 heteroatoms. The summed E-state index contributed by atoms with van der Waals surface area (Å²) < 4.78 is 1.68. The Balaban J connectivity index is 1.80. The molecule has 0 saturated heterocycles. The third-order valence-corrected chi connectivity index (χ3v) is 4.98. The fourth-order valence-electron chi connectivity index (χ4n) is 3.27. The van der Waals surface area contributed by atoms with Crippen molar-refractivity contribution in [3.05, 3.63) is 82.3 Å². The first kappa shape index (κ1) is 17.3. The van der Waals surface area contributed by atoms with E-state index >= 15 is 0 Å². The minimum atomic E-state index is -0.471. The van der Waals surface area contributed by atoms with Gasteiger partial charge in [0.15, 0.2) is 0 Å². The molecule has 6 nitrogen and oxygen atoms in total. The largest absolute Gasteiger partial charge is 0.328 e. The SMILES string of the molecule is CC1=C(C(=O)Nc2ccccc2C)[C@@H](c2ccccc2Cl)n2ncnc2N1. The lowest BCUT2D eigenvalue weighted by Gasteiger charge is -2.29. The van der Waals surface area contributed by atoms with Crippen LogP contribution in [0.1, 0.15) is 24.1 Å². The molecule has 2 heterocycles. The standard InChI is InChI=1S/C20H18ClN5O/c1-12-7-3-6-10-16(12)25-19(27)17-13(2)24-20-22-11-23-26(20)18(17)14-8-4-5-9-15(14)21/h3-11,18H,1-2H3,(H,25,27)(H,22,23,24)/t18-/m1/s1. The number of halogens is 1. The lowest BCUT2D eigenvalue weighted by atomic mass is 9.95. The van der Waals surface area contributed by atoms with Crippen LogP contribution in [0, 0.1) is 6.92 Å². The van der Waals surface area contributed by atoms with E-state index in [-0.39, 0.29) is 5.91 Å². The van der Waals surface area contributed by atoms with Gasteiger partial charge in [-0.1, -0.05) is 48.0 Å². The van der Waals surface area contributed by atoms with Crippen molar-refractivity contribution < 1.29 is 4.79 Å². The Labute approximate surface area is 161 Å². The highest BCUT2D eigenvalue weighted by molar-refractivity contribution is 6.31. The maximum atomic E-state index is 13.2. The molecule has 2 aromatic carbocycles. The molecule has 0 fully saturated rings. The summed E-state index contributed by atoms with van der Waals surface area (Å²) in [7, 11) is 0. The van der Waals surface area contributed by atoms with E-state index < -0.39 is 6.04 Å². The van der Waals surface area contributed by atoms with Gasteiger partial charge in [-0.25, -0.2) is 4.68 Å². The minimum absolute atomic E-state index is 0.208. The lowest BCUT2D eigenvalue weighted by Crippen LogP contribution is -2.31. The number of nitrogens with one attached hydrogen (secondary N) is 2. The zero-order valence-electron chi connectivity index (χ0n) is 14.9. The molecule has 0 saturated carbocycles. The summed E-state index contributed by atoms with van der Waals surface area (Å²) in [5, 5.41) is 11.1. The number of allylic oxidation sites excluding steroid dienone is 1. The molecule has 0 aliphatic carbocycles. The van der Waals surface area contributed by atoms with Gasteiger partial charge in [0, 0.05) is 22.0 Å². The summed E-state index contributed by atoms with van der Waals surface area (Å²) in [6.45, 7) is 3.81. The first-order valence-electron chi connectivity index (χ1n) is 8.55. The average molecular weight is 380 g/mol. The Morgan fingerprint density at radius 2 is 1.89 bits per heavy atom. The van der Waals surface area contributed by atoms with Crippen LogP contribution in [0.15, 0.2) is 66.1 Å². The van der Waals surface area contributed by atoms with Crippen molar-refractivity contribution in [2.24, 2.45) is 0 Å². The first-order chi connectivity index (χ1) is 13.1. The predicted molar refractivity (Wildman–Crippen MR) is 106 cm³/mol. The van der Waals surface area contributed by atoms with Crippen LogP contribution >= 0.6 is 11.6 Å². The van der Waals surface area contributed by atoms with Crippen LogP contribution < -0.4 is 10.6 Å². The number of hydrogen-bond donors (Lipinski definition) is 2. The van der Waals surface area contributed by atoms with Gasteiger partial charge in [0.2, 0.25) is 5.95 Å². The van der Waals surface area contributed by atoms with Crippen molar-refractivity contribution in [2.45, 2.75) is 19.9 Å². The first-order valence-corrected chi connectivity index (χ1v) is 8.92. The van der Waals surface area contributed by atoms with E-state index in [1.807, 2.05) is 62.4 Å². The molecule has 4 rings (SSSR count). The smallest absolute Gasteiger partial charge is 0.255 e. The van der Waals surface area contributed by atoms with Gasteiger partial charge in [0.25, 0.3) is 5.91 Å². The quantitative estimate of drug-likeness (QED) is 0.716. The molecule has 0 spiro atoms. The fraction of sp³-hybridized carbons (Fsp3) is 0.150. The molecule has 0 bridgehead atoms. The molecule has 1 aromatic heterocycles. The van der Waals surface area contributed by atoms with Crippen molar-refractivity contribution in [2.75, 3.05) is 10.6 Å². The fourth-order valence-corrected chi connectivity index (χ4v) is 3.51. The summed E-state index contributed by atoms with van der Waals surface area (Å²) in [5.41, 5.74) is 3.81. The highest BCUT2D eigenvalue weighted by Crippen LogP contribution is 2.38. The van der Waals surface area contributed by atoms with Crippen LogP contribution in [0.3, 0.4) is 0 Å². The Morgan fingerprint density at radius 1 is 1.15 bits per heavy atom. The zero-order valence-corrected chi connectivity index (χ0v) is 15.7. The van der Waals surface area contributed by atoms with E-state index in [9.17, 15) is 4.79 Å². The third kappa shape index (κ3) is 3.08. The van der Waals surface area contributed by atoms with Crippen molar-refractivity contribution in [3.63, 3.8) is 0 Å². The van der Waals surface area contributed by atoms with Crippen LogP contribution in [-0.4, -0.2) is 20.7 Å². The molecule has 1 aliphatic heterocycles. The van der Waals surface area contributed by atoms with Gasteiger partial charge in [0.05, 0.1) is 5.57 Å². The predicted octanol–water partition coefficient (Wildman–Crippen LogP) is 4.17. The summed E-state index contributed by atoms with van der Waals surface area (Å²) in [4.78, 5) is 17.5. The number of rotatable bonds is 3. The summed E-state index contributed by atoms with van der Waals surface area (Å²) >= 11 is 6.46. The molecule has 136 valence electrons. The molecule has 1 amide bonds. The van der Waals surface area contributed by atoms with Gasteiger partial charge in [0.1, 0.15) is 12.4 Å². The van der Waals surface area contributed by atoms with Crippen LogP contribution in [0.5, 0.6) is 0 Å². The van der Waals surface area contributed by atoms with E-state index in [1.165, 1.54) is 6.33 Å². The Kier molecular flexibility index (Phi) is 4.41. The number of aromatic nitrogens is 3. The lowest BCUT2D eigenvalue weighted by molar-refractivity contribution is -0.113. The number of amides is 1. The van der Waals surface area contributed by atoms with Crippen LogP contribution in [0.25, 0.3) is 0 Å². The van der Waals surface area contributed by atoms with Crippen molar-refractivity contribution in [1.29, 1.82) is 0 Å². The molecule has 0 unspecified atom stereocenters. The number of aryl methyl sites for hydroxylation is 1. The van der Waals surface area contributed by atoms with Crippen LogP contribution in [0.2, 0.25) is 5.02 Å². The highest BCUT2D eigenvalue weighted by atomic mass is 35.5. The molecule has 3 aromatic rings. The van der Waals surface area contributed by atoms with Gasteiger partial charge < -0.3 is 10.6 Å². The number of para-hydroxylation sites is 1. The van der Waals surface area contributed by atoms with E-state index in [4.69, 9.17) is 11.6 Å². The molecule has 1 aliphatic rings. The molecule has 0 radical (unpaired) electrons. The van der Waals surface area contributed by atoms with Gasteiger partial charge in [-0.15, -0.1) is 0 Å². The zero-order chi connectivity index (χ0) is 19.0. The summed E-state index contributed by atoms with van der Waals surface area (Å²) in [6, 6.07) is 14.7. The normalized spacial score (nSPS) is 15.9. The number of hydrogen-bond acceptors (Lipinski definition) is 4. The average Bonchev–Trinajstić information content (AvgIpc) is 3.11. The van der Waals surface area contributed by atoms with Gasteiger partial charge in [-0.05, 0) is 31.5 Å². The van der Waals surface area contributed by atoms with Crippen molar-refractivity contribution in [3.8, 4) is 0 Å². The molecule has 27 heavy (non-hydrogen) atoms. The van der Waals surface area contributed by atoms with Crippen LogP contribution in [-0.2, 0) is 4.79 Å². The maximum Gasteiger partial charge on any atom is 0.255 e. The number of benzene rings is 2. The Morgan fingerprint density at radius 3 is 2.67 bits per heavy atom. The van der Waals surface area contributed by atoms with E-state index in [1.54, 1.807) is 4.68 Å². The van der Waals surface area contributed by atoms with Crippen molar-refractivity contribution in [1.82, 2.24) is 14.8 Å². The van der Waals surface area contributed by atoms with E-state index in [0.717, 1.165) is 16.8 Å². The van der Waals surface area contributed by atoms with Crippen LogP contribution in [0.4, 0.5) is 11.6 Å². The topological polar surface area (TPSA) is 71.8 Å². The molecule has 1 atom stereocenters. The third-order valence-electron chi connectivity index (χ3n) is 4.63. The molecular weight excluding hydrogens is 362 g/mol. The van der Waals surface area contributed by atoms with E-state index in [2.05, 4.69) is 20.7 Å². The summed E-state index contributed by atoms with van der Waals surface area (Å²) in [6.07, 6.45) is 1.46. The van der Waals surface area contributed by atoms with Gasteiger partial charge in [-0.3, -0.25) is 4.79 Å². The second kappa shape index (κ2) is 6.89. The van der Waals surface area contributed by atoms with E-state index in [0.29, 0.717) is 22.2 Å². The molecule has 2 N–H and O–H groups in total. The monoisotopic (exact) mass is 379 g/mol.